The second-order valence-corrected chi connectivity index (χ2v) is 4.46. The van der Waals surface area contributed by atoms with E-state index in [4.69, 9.17) is 4.74 Å². The molecule has 3 nitrogen and oxygen atoms in total. The van der Waals surface area contributed by atoms with Crippen LogP contribution >= 0.6 is 0 Å². The van der Waals surface area contributed by atoms with Crippen LogP contribution in [0.5, 0.6) is 5.75 Å². The summed E-state index contributed by atoms with van der Waals surface area (Å²) in [6.07, 6.45) is 0.906. The van der Waals surface area contributed by atoms with Crippen LogP contribution < -0.4 is 4.74 Å². The van der Waals surface area contributed by atoms with Gasteiger partial charge in [-0.05, 0) is 25.5 Å². The molecule has 1 aromatic carbocycles. The minimum Gasteiger partial charge on any atom is -0.491 e. The zero-order valence-electron chi connectivity index (χ0n) is 10.5. The third-order valence-corrected chi connectivity index (χ3v) is 3.41. The lowest BCUT2D eigenvalue weighted by atomic mass is 10.2. The Morgan fingerprint density at radius 1 is 1.44 bits per heavy atom. The van der Waals surface area contributed by atoms with Gasteiger partial charge in [-0.1, -0.05) is 6.92 Å². The molecule has 2 aromatic rings. The van der Waals surface area contributed by atoms with E-state index in [1.165, 1.54) is 17.8 Å². The summed E-state index contributed by atoms with van der Waals surface area (Å²) in [5, 5.41) is 0. The van der Waals surface area contributed by atoms with Crippen molar-refractivity contribution >= 4 is 0 Å². The van der Waals surface area contributed by atoms with Crippen LogP contribution in [-0.4, -0.2) is 16.2 Å². The minimum absolute atomic E-state index is 0.277. The first-order chi connectivity index (χ1) is 8.70. The molecular weight excluding hydrogens is 231 g/mol. The Morgan fingerprint density at radius 3 is 3.06 bits per heavy atom. The van der Waals surface area contributed by atoms with Crippen molar-refractivity contribution < 1.29 is 9.13 Å². The van der Waals surface area contributed by atoms with Crippen LogP contribution in [0.1, 0.15) is 18.3 Å². The molecule has 0 saturated carbocycles. The predicted molar refractivity (Wildman–Crippen MR) is 67.2 cm³/mol. The Bertz CT molecular complexity index is 604. The summed E-state index contributed by atoms with van der Waals surface area (Å²) in [6, 6.07) is 4.63. The normalized spacial score (nSPS) is 13.5. The Balaban J connectivity index is 2.24. The number of rotatable bonds is 1. The van der Waals surface area contributed by atoms with Crippen LogP contribution in [0.4, 0.5) is 4.39 Å². The van der Waals surface area contributed by atoms with Crippen LogP contribution in [0.3, 0.4) is 0 Å². The van der Waals surface area contributed by atoms with Gasteiger partial charge in [-0.25, -0.2) is 9.37 Å². The maximum absolute atomic E-state index is 13.2. The topological polar surface area (TPSA) is 27.1 Å². The summed E-state index contributed by atoms with van der Waals surface area (Å²) in [4.78, 5) is 4.66. The SMILES string of the molecule is CCc1nc2n(c1C)CCOc1cc(F)ccc1-2. The van der Waals surface area contributed by atoms with Crippen LogP contribution in [0, 0.1) is 12.7 Å². The molecule has 0 radical (unpaired) electrons. The second-order valence-electron chi connectivity index (χ2n) is 4.46. The molecule has 1 aliphatic rings. The monoisotopic (exact) mass is 246 g/mol. The summed E-state index contributed by atoms with van der Waals surface area (Å²) in [6.45, 7) is 5.47. The van der Waals surface area contributed by atoms with Crippen LogP contribution in [0.25, 0.3) is 11.4 Å². The van der Waals surface area contributed by atoms with Gasteiger partial charge in [0.05, 0.1) is 17.8 Å². The number of imidazole rings is 1. The quantitative estimate of drug-likeness (QED) is 0.773. The zero-order valence-corrected chi connectivity index (χ0v) is 10.5. The smallest absolute Gasteiger partial charge is 0.144 e. The van der Waals surface area contributed by atoms with E-state index in [0.29, 0.717) is 12.4 Å². The Hall–Kier alpha value is -1.84. The highest BCUT2D eigenvalue weighted by Crippen LogP contribution is 2.33. The van der Waals surface area contributed by atoms with E-state index in [1.54, 1.807) is 6.07 Å². The van der Waals surface area contributed by atoms with Gasteiger partial charge in [0, 0.05) is 11.8 Å². The Labute approximate surface area is 105 Å². The third-order valence-electron chi connectivity index (χ3n) is 3.41. The van der Waals surface area contributed by atoms with Gasteiger partial charge < -0.3 is 9.30 Å². The fraction of sp³-hybridized carbons (Fsp3) is 0.357. The first-order valence-corrected chi connectivity index (χ1v) is 6.19. The van der Waals surface area contributed by atoms with Gasteiger partial charge in [-0.2, -0.15) is 0 Å². The number of fused-ring (bicyclic) bond motifs is 3. The zero-order chi connectivity index (χ0) is 12.7. The molecule has 0 N–H and O–H groups in total. The molecular formula is C14H15FN2O. The first kappa shape index (κ1) is 11.3. The highest BCUT2D eigenvalue weighted by Gasteiger charge is 2.20. The molecule has 3 rings (SSSR count). The molecule has 18 heavy (non-hydrogen) atoms. The van der Waals surface area contributed by atoms with Gasteiger partial charge in [0.15, 0.2) is 0 Å². The molecule has 0 aliphatic carbocycles. The Kier molecular flexibility index (Phi) is 2.58. The highest BCUT2D eigenvalue weighted by atomic mass is 19.1. The van der Waals surface area contributed by atoms with Crippen LogP contribution in [0.2, 0.25) is 0 Å². The van der Waals surface area contributed by atoms with Gasteiger partial charge in [0.1, 0.15) is 24.0 Å². The number of hydrogen-bond acceptors (Lipinski definition) is 2. The van der Waals surface area contributed by atoms with E-state index < -0.39 is 0 Å². The molecule has 0 bridgehead atoms. The summed E-state index contributed by atoms with van der Waals surface area (Å²) >= 11 is 0. The lowest BCUT2D eigenvalue weighted by molar-refractivity contribution is 0.304. The first-order valence-electron chi connectivity index (χ1n) is 6.19. The van der Waals surface area contributed by atoms with E-state index in [0.717, 1.165) is 30.0 Å². The number of aryl methyl sites for hydroxylation is 1. The lowest BCUT2D eigenvalue weighted by Gasteiger charge is -2.05. The number of benzene rings is 1. The molecule has 0 fully saturated rings. The molecule has 2 heterocycles. The van der Waals surface area contributed by atoms with Crippen molar-refractivity contribution in [1.82, 2.24) is 9.55 Å². The van der Waals surface area contributed by atoms with Crippen molar-refractivity contribution in [2.24, 2.45) is 0 Å². The fourth-order valence-corrected chi connectivity index (χ4v) is 2.45. The molecule has 94 valence electrons. The number of ether oxygens (including phenoxy) is 1. The van der Waals surface area contributed by atoms with Crippen molar-refractivity contribution in [1.29, 1.82) is 0 Å². The number of hydrogen-bond donors (Lipinski definition) is 0. The summed E-state index contributed by atoms with van der Waals surface area (Å²) in [7, 11) is 0. The predicted octanol–water partition coefficient (Wildman–Crippen LogP) is 2.95. The van der Waals surface area contributed by atoms with Gasteiger partial charge in [0.2, 0.25) is 0 Å². The average molecular weight is 246 g/mol. The fourth-order valence-electron chi connectivity index (χ4n) is 2.45. The van der Waals surface area contributed by atoms with Gasteiger partial charge in [-0.15, -0.1) is 0 Å². The Morgan fingerprint density at radius 2 is 2.28 bits per heavy atom. The molecule has 1 aromatic heterocycles. The standard InChI is InChI=1S/C14H15FN2O/c1-3-12-9(2)17-6-7-18-13-8-10(15)4-5-11(13)14(17)16-12/h4-5,8H,3,6-7H2,1-2H3. The largest absolute Gasteiger partial charge is 0.491 e. The van der Waals surface area contributed by atoms with Crippen molar-refractivity contribution in [3.8, 4) is 17.1 Å². The molecule has 0 amide bonds. The van der Waals surface area contributed by atoms with Gasteiger partial charge in [-0.3, -0.25) is 0 Å². The van der Waals surface area contributed by atoms with Crippen molar-refractivity contribution in [2.45, 2.75) is 26.8 Å². The summed E-state index contributed by atoms with van der Waals surface area (Å²) in [5.41, 5.74) is 3.15. The van der Waals surface area contributed by atoms with Crippen LogP contribution in [0.15, 0.2) is 18.2 Å². The van der Waals surface area contributed by atoms with E-state index in [1.807, 2.05) is 0 Å². The molecule has 0 saturated heterocycles. The summed E-state index contributed by atoms with van der Waals surface area (Å²) in [5.74, 6) is 1.19. The minimum atomic E-state index is -0.277. The highest BCUT2D eigenvalue weighted by molar-refractivity contribution is 5.66. The van der Waals surface area contributed by atoms with Crippen LogP contribution in [-0.2, 0) is 13.0 Å². The maximum atomic E-state index is 13.2. The molecule has 1 aliphatic heterocycles. The number of halogens is 1. The average Bonchev–Trinajstić information content (AvgIpc) is 2.56. The number of nitrogens with zero attached hydrogens (tertiary/aromatic N) is 2. The molecule has 0 atom stereocenters. The lowest BCUT2D eigenvalue weighted by Crippen LogP contribution is -2.07. The van der Waals surface area contributed by atoms with Crippen molar-refractivity contribution in [2.75, 3.05) is 6.61 Å². The van der Waals surface area contributed by atoms with Crippen molar-refractivity contribution in [3.05, 3.63) is 35.4 Å². The maximum Gasteiger partial charge on any atom is 0.144 e. The van der Waals surface area contributed by atoms with E-state index in [-0.39, 0.29) is 5.82 Å². The molecule has 0 unspecified atom stereocenters. The van der Waals surface area contributed by atoms with Crippen molar-refractivity contribution in [3.63, 3.8) is 0 Å². The van der Waals surface area contributed by atoms with E-state index in [2.05, 4.69) is 23.4 Å². The second kappa shape index (κ2) is 4.12. The van der Waals surface area contributed by atoms with E-state index in [9.17, 15) is 4.39 Å². The third kappa shape index (κ3) is 1.60. The van der Waals surface area contributed by atoms with Gasteiger partial charge >= 0.3 is 0 Å². The summed E-state index contributed by atoms with van der Waals surface area (Å²) < 4.78 is 21.0. The van der Waals surface area contributed by atoms with E-state index >= 15 is 0 Å². The molecule has 0 spiro atoms. The number of aromatic nitrogens is 2. The van der Waals surface area contributed by atoms with Gasteiger partial charge in [0.25, 0.3) is 0 Å². The molecule has 4 heteroatoms.